The summed E-state index contributed by atoms with van der Waals surface area (Å²) in [6.07, 6.45) is 6.24. The number of aryl methyl sites for hydroxylation is 1. The van der Waals surface area contributed by atoms with Crippen LogP contribution in [-0.2, 0) is 15.0 Å². The van der Waals surface area contributed by atoms with E-state index in [1.165, 1.54) is 30.4 Å². The first-order valence-electron chi connectivity index (χ1n) is 8.96. The van der Waals surface area contributed by atoms with Gasteiger partial charge in [0.25, 0.3) is 0 Å². The number of amides is 1. The first-order chi connectivity index (χ1) is 11.4. The first-order valence-corrected chi connectivity index (χ1v) is 8.96. The Morgan fingerprint density at radius 2 is 1.75 bits per heavy atom. The molecule has 128 valence electrons. The molecule has 0 aliphatic heterocycles. The van der Waals surface area contributed by atoms with Gasteiger partial charge < -0.3 is 15.2 Å². The van der Waals surface area contributed by atoms with Gasteiger partial charge in [-0.25, -0.2) is 0 Å². The predicted molar refractivity (Wildman–Crippen MR) is 88.0 cm³/mol. The van der Waals surface area contributed by atoms with Gasteiger partial charge in [0, 0.05) is 0 Å². The molecule has 4 aliphatic carbocycles. The van der Waals surface area contributed by atoms with Gasteiger partial charge in [0.05, 0.1) is 17.9 Å². The Bertz CT molecular complexity index is 665. The molecular formula is C20H24NO3-. The largest absolute Gasteiger partial charge is 0.548 e. The Hall–Kier alpha value is -1.84. The monoisotopic (exact) mass is 326 g/mol. The SMILES string of the molecule is Cc1ccc(C23C[C@@H]4C[C@@H](CC(C(=O)NCC(=O)[O-])(C4)C2)C3)cc1. The third-order valence-electron chi connectivity index (χ3n) is 6.60. The van der Waals surface area contributed by atoms with Crippen LogP contribution < -0.4 is 10.4 Å². The molecule has 0 radical (unpaired) electrons. The Kier molecular flexibility index (Phi) is 3.48. The molecule has 4 saturated carbocycles. The number of nitrogens with one attached hydrogen (secondary N) is 1. The van der Waals surface area contributed by atoms with E-state index in [0.29, 0.717) is 11.8 Å². The van der Waals surface area contributed by atoms with Gasteiger partial charge in [0.15, 0.2) is 0 Å². The van der Waals surface area contributed by atoms with E-state index in [4.69, 9.17) is 0 Å². The molecule has 0 spiro atoms. The summed E-state index contributed by atoms with van der Waals surface area (Å²) in [4.78, 5) is 23.5. The summed E-state index contributed by atoms with van der Waals surface area (Å²) in [6, 6.07) is 8.79. The molecule has 1 aromatic rings. The number of carbonyl (C=O) groups is 2. The summed E-state index contributed by atoms with van der Waals surface area (Å²) in [5.41, 5.74) is 2.32. The molecular weight excluding hydrogens is 302 g/mol. The maximum atomic E-state index is 12.8. The maximum Gasteiger partial charge on any atom is 0.226 e. The molecule has 5 rings (SSSR count). The highest BCUT2D eigenvalue weighted by atomic mass is 16.4. The van der Waals surface area contributed by atoms with Gasteiger partial charge in [0.1, 0.15) is 0 Å². The molecule has 4 bridgehead atoms. The number of carboxylic acids is 1. The predicted octanol–water partition coefficient (Wildman–Crippen LogP) is 1.70. The van der Waals surface area contributed by atoms with Crippen molar-refractivity contribution in [3.8, 4) is 0 Å². The molecule has 1 aromatic carbocycles. The number of aliphatic carboxylic acids is 1. The molecule has 2 unspecified atom stereocenters. The van der Waals surface area contributed by atoms with Gasteiger partial charge >= 0.3 is 0 Å². The third-order valence-corrected chi connectivity index (χ3v) is 6.60. The van der Waals surface area contributed by atoms with Gasteiger partial charge in [0.2, 0.25) is 5.91 Å². The van der Waals surface area contributed by atoms with E-state index in [9.17, 15) is 14.7 Å². The van der Waals surface area contributed by atoms with Crippen LogP contribution in [0.4, 0.5) is 0 Å². The standard InChI is InChI=1S/C20H25NO3/c1-13-2-4-16(5-3-13)19-7-14-6-15(8-19)10-20(9-14,12-19)18(24)21-11-17(22)23/h2-5,14-15H,6-12H2,1H3,(H,21,24)(H,22,23)/p-1/t14-,15+,19?,20?. The van der Waals surface area contributed by atoms with Crippen molar-refractivity contribution in [2.24, 2.45) is 17.3 Å². The number of carboxylic acid groups (broad SMARTS) is 1. The molecule has 1 N–H and O–H groups in total. The second-order valence-corrected chi connectivity index (χ2v) is 8.44. The molecule has 0 saturated heterocycles. The number of benzene rings is 1. The molecule has 4 nitrogen and oxygen atoms in total. The van der Waals surface area contributed by atoms with Gasteiger partial charge in [-0.2, -0.15) is 0 Å². The second-order valence-electron chi connectivity index (χ2n) is 8.44. The third kappa shape index (κ3) is 2.43. The number of hydrogen-bond acceptors (Lipinski definition) is 3. The Morgan fingerprint density at radius 3 is 2.33 bits per heavy atom. The van der Waals surface area contributed by atoms with Crippen LogP contribution in [0.2, 0.25) is 0 Å². The molecule has 4 heteroatoms. The molecule has 4 atom stereocenters. The maximum absolute atomic E-state index is 12.8. The Balaban J connectivity index is 1.65. The first kappa shape index (κ1) is 15.7. The van der Waals surface area contributed by atoms with Crippen LogP contribution in [0.1, 0.15) is 49.7 Å². The minimum absolute atomic E-state index is 0.0720. The quantitative estimate of drug-likeness (QED) is 0.915. The minimum Gasteiger partial charge on any atom is -0.548 e. The number of rotatable bonds is 4. The van der Waals surface area contributed by atoms with E-state index in [-0.39, 0.29) is 23.3 Å². The topological polar surface area (TPSA) is 69.2 Å². The molecule has 24 heavy (non-hydrogen) atoms. The number of carbonyl (C=O) groups excluding carboxylic acids is 2. The zero-order chi connectivity index (χ0) is 16.9. The van der Waals surface area contributed by atoms with Crippen molar-refractivity contribution >= 4 is 11.9 Å². The fourth-order valence-corrected chi connectivity index (χ4v) is 6.11. The lowest BCUT2D eigenvalue weighted by molar-refractivity contribution is -0.304. The van der Waals surface area contributed by atoms with Gasteiger partial charge in [-0.15, -0.1) is 0 Å². The van der Waals surface area contributed by atoms with Crippen LogP contribution >= 0.6 is 0 Å². The van der Waals surface area contributed by atoms with Crippen molar-refractivity contribution in [1.82, 2.24) is 5.32 Å². The van der Waals surface area contributed by atoms with Crippen LogP contribution in [0.3, 0.4) is 0 Å². The minimum atomic E-state index is -1.22. The van der Waals surface area contributed by atoms with Crippen molar-refractivity contribution in [1.29, 1.82) is 0 Å². The smallest absolute Gasteiger partial charge is 0.226 e. The lowest BCUT2D eigenvalue weighted by atomic mass is 9.42. The van der Waals surface area contributed by atoms with Gasteiger partial charge in [-0.3, -0.25) is 4.79 Å². The van der Waals surface area contributed by atoms with Crippen LogP contribution in [-0.4, -0.2) is 18.4 Å². The molecule has 4 aliphatic rings. The van der Waals surface area contributed by atoms with Crippen LogP contribution in [0.25, 0.3) is 0 Å². The summed E-state index contributed by atoms with van der Waals surface area (Å²) in [5.74, 6) is -0.124. The van der Waals surface area contributed by atoms with Crippen molar-refractivity contribution in [2.45, 2.75) is 50.9 Å². The van der Waals surface area contributed by atoms with Crippen LogP contribution in [0, 0.1) is 24.2 Å². The zero-order valence-corrected chi connectivity index (χ0v) is 14.1. The summed E-state index contributed by atoms with van der Waals surface area (Å²) in [6.45, 7) is 1.71. The highest BCUT2D eigenvalue weighted by molar-refractivity contribution is 5.86. The van der Waals surface area contributed by atoms with E-state index >= 15 is 0 Å². The van der Waals surface area contributed by atoms with E-state index < -0.39 is 5.97 Å². The van der Waals surface area contributed by atoms with Crippen LogP contribution in [0.15, 0.2) is 24.3 Å². The lowest BCUT2D eigenvalue weighted by Gasteiger charge is -2.61. The van der Waals surface area contributed by atoms with Crippen LogP contribution in [0.5, 0.6) is 0 Å². The summed E-state index contributed by atoms with van der Waals surface area (Å²) < 4.78 is 0. The lowest BCUT2D eigenvalue weighted by Crippen LogP contribution is -2.59. The van der Waals surface area contributed by atoms with Crippen molar-refractivity contribution in [3.63, 3.8) is 0 Å². The molecule has 0 heterocycles. The molecule has 0 aromatic heterocycles. The average Bonchev–Trinajstić information content (AvgIpc) is 2.51. The van der Waals surface area contributed by atoms with E-state index in [1.807, 2.05) is 0 Å². The Morgan fingerprint density at radius 1 is 1.12 bits per heavy atom. The molecule has 1 amide bonds. The van der Waals surface area contributed by atoms with Gasteiger partial charge in [-0.05, 0) is 68.3 Å². The zero-order valence-electron chi connectivity index (χ0n) is 14.1. The second kappa shape index (κ2) is 5.33. The molecule has 4 fully saturated rings. The van der Waals surface area contributed by atoms with Crippen molar-refractivity contribution in [3.05, 3.63) is 35.4 Å². The number of hydrogen-bond donors (Lipinski definition) is 1. The normalized spacial score (nSPS) is 36.5. The van der Waals surface area contributed by atoms with E-state index in [2.05, 4.69) is 36.5 Å². The van der Waals surface area contributed by atoms with Crippen molar-refractivity contribution < 1.29 is 14.7 Å². The highest BCUT2D eigenvalue weighted by Crippen LogP contribution is 2.65. The summed E-state index contributed by atoms with van der Waals surface area (Å²) >= 11 is 0. The van der Waals surface area contributed by atoms with Gasteiger partial charge in [-0.1, -0.05) is 29.8 Å². The fraction of sp³-hybridized carbons (Fsp3) is 0.600. The summed E-state index contributed by atoms with van der Waals surface area (Å²) in [7, 11) is 0. The van der Waals surface area contributed by atoms with E-state index in [0.717, 1.165) is 19.3 Å². The van der Waals surface area contributed by atoms with E-state index in [1.54, 1.807) is 0 Å². The Labute approximate surface area is 142 Å². The fourth-order valence-electron chi connectivity index (χ4n) is 6.11. The summed E-state index contributed by atoms with van der Waals surface area (Å²) in [5, 5.41) is 13.3. The van der Waals surface area contributed by atoms with Crippen molar-refractivity contribution in [2.75, 3.05) is 6.54 Å². The highest BCUT2D eigenvalue weighted by Gasteiger charge is 2.60. The average molecular weight is 326 g/mol.